The number of tetrazole rings is 1. The van der Waals surface area contributed by atoms with Crippen LogP contribution in [0.25, 0.3) is 5.69 Å². The SMILES string of the molecule is O=C(O)C1CNCCN1c1nnnn1-c1ccccc1. The van der Waals surface area contributed by atoms with Crippen LogP contribution in [-0.2, 0) is 4.79 Å². The van der Waals surface area contributed by atoms with Crippen molar-refractivity contribution in [3.05, 3.63) is 30.3 Å². The maximum absolute atomic E-state index is 11.3. The lowest BCUT2D eigenvalue weighted by Gasteiger charge is -2.33. The highest BCUT2D eigenvalue weighted by molar-refractivity contribution is 5.78. The van der Waals surface area contributed by atoms with E-state index in [2.05, 4.69) is 20.8 Å². The number of anilines is 1. The van der Waals surface area contributed by atoms with Gasteiger partial charge in [0.05, 0.1) is 5.69 Å². The van der Waals surface area contributed by atoms with Crippen LogP contribution in [0.5, 0.6) is 0 Å². The summed E-state index contributed by atoms with van der Waals surface area (Å²) in [5.41, 5.74) is 0.801. The first kappa shape index (κ1) is 12.5. The minimum atomic E-state index is -0.889. The molecule has 3 rings (SSSR count). The second-order valence-electron chi connectivity index (χ2n) is 4.48. The number of rotatable bonds is 3. The second-order valence-corrected chi connectivity index (χ2v) is 4.48. The van der Waals surface area contributed by atoms with Gasteiger partial charge in [-0.2, -0.15) is 4.68 Å². The van der Waals surface area contributed by atoms with Crippen LogP contribution in [0.4, 0.5) is 5.95 Å². The lowest BCUT2D eigenvalue weighted by molar-refractivity contribution is -0.138. The monoisotopic (exact) mass is 274 g/mol. The standard InChI is InChI=1S/C12H14N6O2/c19-11(20)10-8-13-6-7-17(10)12-14-15-16-18(12)9-4-2-1-3-5-9/h1-5,10,13H,6-8H2,(H,19,20). The number of benzene rings is 1. The van der Waals surface area contributed by atoms with E-state index in [1.165, 1.54) is 0 Å². The molecule has 0 radical (unpaired) electrons. The zero-order valence-corrected chi connectivity index (χ0v) is 10.7. The fourth-order valence-electron chi connectivity index (χ4n) is 2.26. The van der Waals surface area contributed by atoms with E-state index in [-0.39, 0.29) is 0 Å². The van der Waals surface area contributed by atoms with E-state index >= 15 is 0 Å². The Kier molecular flexibility index (Phi) is 3.30. The first-order valence-corrected chi connectivity index (χ1v) is 6.31. The summed E-state index contributed by atoms with van der Waals surface area (Å²) >= 11 is 0. The van der Waals surface area contributed by atoms with Crippen molar-refractivity contribution in [3.63, 3.8) is 0 Å². The van der Waals surface area contributed by atoms with E-state index in [1.54, 1.807) is 9.58 Å². The Morgan fingerprint density at radius 3 is 2.90 bits per heavy atom. The molecule has 0 spiro atoms. The van der Waals surface area contributed by atoms with Gasteiger partial charge in [0.1, 0.15) is 6.04 Å². The van der Waals surface area contributed by atoms with Gasteiger partial charge in [0.2, 0.25) is 0 Å². The molecule has 0 bridgehead atoms. The quantitative estimate of drug-likeness (QED) is 0.780. The van der Waals surface area contributed by atoms with E-state index in [9.17, 15) is 9.90 Å². The molecule has 8 heteroatoms. The molecule has 2 aromatic rings. The van der Waals surface area contributed by atoms with Crippen LogP contribution in [0.3, 0.4) is 0 Å². The number of aromatic nitrogens is 4. The molecule has 0 aliphatic carbocycles. The number of nitrogens with one attached hydrogen (secondary N) is 1. The molecule has 1 aromatic heterocycles. The number of hydrogen-bond acceptors (Lipinski definition) is 6. The molecule has 2 heterocycles. The van der Waals surface area contributed by atoms with Crippen molar-refractivity contribution in [1.82, 2.24) is 25.5 Å². The number of hydrogen-bond donors (Lipinski definition) is 2. The predicted octanol–water partition coefficient (Wildman–Crippen LogP) is -0.475. The molecule has 2 N–H and O–H groups in total. The fraction of sp³-hybridized carbons (Fsp3) is 0.333. The predicted molar refractivity (Wildman–Crippen MR) is 70.8 cm³/mol. The molecule has 0 amide bonds. The molecule has 1 aliphatic heterocycles. The summed E-state index contributed by atoms with van der Waals surface area (Å²) in [6, 6.07) is 8.74. The van der Waals surface area contributed by atoms with Gasteiger partial charge < -0.3 is 15.3 Å². The first-order chi connectivity index (χ1) is 9.77. The zero-order valence-electron chi connectivity index (χ0n) is 10.7. The minimum Gasteiger partial charge on any atom is -0.480 e. The van der Waals surface area contributed by atoms with Crippen molar-refractivity contribution in [3.8, 4) is 5.69 Å². The Morgan fingerprint density at radius 2 is 2.15 bits per heavy atom. The first-order valence-electron chi connectivity index (χ1n) is 6.31. The molecule has 1 aromatic carbocycles. The summed E-state index contributed by atoms with van der Waals surface area (Å²) in [4.78, 5) is 13.1. The lowest BCUT2D eigenvalue weighted by Crippen LogP contribution is -2.55. The maximum atomic E-state index is 11.3. The normalized spacial score (nSPS) is 19.0. The van der Waals surface area contributed by atoms with E-state index in [4.69, 9.17) is 0 Å². The van der Waals surface area contributed by atoms with Crippen LogP contribution in [0.15, 0.2) is 30.3 Å². The lowest BCUT2D eigenvalue weighted by atomic mass is 10.2. The average molecular weight is 274 g/mol. The van der Waals surface area contributed by atoms with Gasteiger partial charge in [-0.1, -0.05) is 23.3 Å². The minimum absolute atomic E-state index is 0.372. The van der Waals surface area contributed by atoms with Gasteiger partial charge in [-0.25, -0.2) is 4.79 Å². The van der Waals surface area contributed by atoms with Gasteiger partial charge in [0.25, 0.3) is 5.95 Å². The van der Waals surface area contributed by atoms with Gasteiger partial charge in [-0.3, -0.25) is 0 Å². The number of carboxylic acid groups (broad SMARTS) is 1. The van der Waals surface area contributed by atoms with E-state index in [1.807, 2.05) is 30.3 Å². The maximum Gasteiger partial charge on any atom is 0.327 e. The number of para-hydroxylation sites is 1. The Hall–Kier alpha value is -2.48. The van der Waals surface area contributed by atoms with Crippen molar-refractivity contribution in [1.29, 1.82) is 0 Å². The zero-order chi connectivity index (χ0) is 13.9. The van der Waals surface area contributed by atoms with Crippen LogP contribution in [0.2, 0.25) is 0 Å². The van der Waals surface area contributed by atoms with Crippen molar-refractivity contribution in [2.45, 2.75) is 6.04 Å². The van der Waals surface area contributed by atoms with Gasteiger partial charge in [0.15, 0.2) is 0 Å². The van der Waals surface area contributed by atoms with E-state index in [0.717, 1.165) is 5.69 Å². The summed E-state index contributed by atoms with van der Waals surface area (Å²) in [7, 11) is 0. The molecule has 1 saturated heterocycles. The van der Waals surface area contributed by atoms with Crippen molar-refractivity contribution in [2.24, 2.45) is 0 Å². The molecular formula is C12H14N6O2. The van der Waals surface area contributed by atoms with Crippen molar-refractivity contribution < 1.29 is 9.90 Å². The Balaban J connectivity index is 1.98. The van der Waals surface area contributed by atoms with Crippen LogP contribution in [0, 0.1) is 0 Å². The summed E-state index contributed by atoms with van der Waals surface area (Å²) in [5.74, 6) is -0.440. The molecule has 0 saturated carbocycles. The van der Waals surface area contributed by atoms with Crippen LogP contribution in [-0.4, -0.2) is 57.0 Å². The number of piperazine rings is 1. The summed E-state index contributed by atoms with van der Waals surface area (Å²) in [6.07, 6.45) is 0. The van der Waals surface area contributed by atoms with Crippen molar-refractivity contribution in [2.75, 3.05) is 24.5 Å². The third-order valence-corrected chi connectivity index (χ3v) is 3.24. The average Bonchev–Trinajstić information content (AvgIpc) is 2.97. The smallest absolute Gasteiger partial charge is 0.327 e. The van der Waals surface area contributed by atoms with Crippen LogP contribution in [0.1, 0.15) is 0 Å². The third kappa shape index (κ3) is 2.21. The number of carboxylic acids is 1. The van der Waals surface area contributed by atoms with Crippen LogP contribution < -0.4 is 10.2 Å². The summed E-state index contributed by atoms with van der Waals surface area (Å²) in [6.45, 7) is 1.62. The van der Waals surface area contributed by atoms with E-state index in [0.29, 0.717) is 25.6 Å². The number of aliphatic carboxylic acids is 1. The summed E-state index contributed by atoms with van der Waals surface area (Å²) < 4.78 is 1.56. The number of carbonyl (C=O) groups is 1. The molecule has 1 unspecified atom stereocenters. The van der Waals surface area contributed by atoms with Crippen molar-refractivity contribution >= 4 is 11.9 Å². The highest BCUT2D eigenvalue weighted by atomic mass is 16.4. The number of nitrogens with zero attached hydrogens (tertiary/aromatic N) is 5. The molecule has 8 nitrogen and oxygen atoms in total. The Labute approximate surface area is 115 Å². The molecular weight excluding hydrogens is 260 g/mol. The summed E-state index contributed by atoms with van der Waals surface area (Å²) in [5, 5.41) is 24.0. The fourth-order valence-corrected chi connectivity index (χ4v) is 2.26. The molecule has 1 aliphatic rings. The third-order valence-electron chi connectivity index (χ3n) is 3.24. The van der Waals surface area contributed by atoms with Crippen LogP contribution >= 0.6 is 0 Å². The molecule has 20 heavy (non-hydrogen) atoms. The largest absolute Gasteiger partial charge is 0.480 e. The Bertz CT molecular complexity index is 599. The highest BCUT2D eigenvalue weighted by Crippen LogP contribution is 2.18. The Morgan fingerprint density at radius 1 is 1.35 bits per heavy atom. The topological polar surface area (TPSA) is 96.2 Å². The van der Waals surface area contributed by atoms with Gasteiger partial charge >= 0.3 is 5.97 Å². The van der Waals surface area contributed by atoms with Gasteiger partial charge in [-0.05, 0) is 22.6 Å². The van der Waals surface area contributed by atoms with Gasteiger partial charge in [-0.15, -0.1) is 0 Å². The van der Waals surface area contributed by atoms with E-state index < -0.39 is 12.0 Å². The second kappa shape index (κ2) is 5.25. The van der Waals surface area contributed by atoms with Gasteiger partial charge in [0, 0.05) is 19.6 Å². The highest BCUT2D eigenvalue weighted by Gasteiger charge is 2.32. The molecule has 1 fully saturated rings. The molecule has 104 valence electrons. The molecule has 1 atom stereocenters.